The number of rotatable bonds is 7. The molecule has 0 saturated carbocycles. The molecule has 0 saturated heterocycles. The summed E-state index contributed by atoms with van der Waals surface area (Å²) in [6.45, 7) is 4.27. The maximum atomic E-state index is 11.1. The molecule has 19 heavy (non-hydrogen) atoms. The van der Waals surface area contributed by atoms with Gasteiger partial charge in [-0.25, -0.2) is 4.79 Å². The summed E-state index contributed by atoms with van der Waals surface area (Å²) in [5, 5.41) is 0. The molecule has 3 nitrogen and oxygen atoms in total. The minimum absolute atomic E-state index is 0.254. The van der Waals surface area contributed by atoms with Crippen LogP contribution in [0, 0.1) is 0 Å². The molecule has 3 heteroatoms. The summed E-state index contributed by atoms with van der Waals surface area (Å²) in [7, 11) is 4.39. The van der Waals surface area contributed by atoms with E-state index < -0.39 is 0 Å². The Morgan fingerprint density at radius 3 is 2.58 bits per heavy atom. The highest BCUT2D eigenvalue weighted by molar-refractivity contribution is 5.81. The molecule has 0 heterocycles. The van der Waals surface area contributed by atoms with Gasteiger partial charge < -0.3 is 9.22 Å². The van der Waals surface area contributed by atoms with Crippen molar-refractivity contribution in [3.8, 4) is 0 Å². The second-order valence-electron chi connectivity index (χ2n) is 5.32. The Hall–Kier alpha value is -1.61. The van der Waals surface area contributed by atoms with E-state index in [9.17, 15) is 4.79 Å². The van der Waals surface area contributed by atoms with Gasteiger partial charge in [-0.2, -0.15) is 0 Å². The maximum absolute atomic E-state index is 11.1. The van der Waals surface area contributed by atoms with Crippen molar-refractivity contribution in [2.75, 3.05) is 27.2 Å². The van der Waals surface area contributed by atoms with Crippen LogP contribution in [0.3, 0.4) is 0 Å². The molecule has 0 aliphatic carbocycles. The first-order valence-electron chi connectivity index (χ1n) is 6.69. The molecule has 0 amide bonds. The molecular formula is C16H24NO2+. The van der Waals surface area contributed by atoms with Crippen LogP contribution < -0.4 is 0 Å². The molecule has 0 atom stereocenters. The first-order chi connectivity index (χ1) is 9.03. The van der Waals surface area contributed by atoms with Gasteiger partial charge in [-0.3, -0.25) is 0 Å². The van der Waals surface area contributed by atoms with E-state index in [4.69, 9.17) is 4.74 Å². The molecule has 0 unspecified atom stereocenters. The number of allylic oxidation sites excluding steroid dienone is 1. The van der Waals surface area contributed by atoms with Crippen LogP contribution in [-0.4, -0.2) is 37.7 Å². The highest BCUT2D eigenvalue weighted by Gasteiger charge is 2.15. The lowest BCUT2D eigenvalue weighted by atomic mass is 10.2. The van der Waals surface area contributed by atoms with E-state index in [1.807, 2.05) is 6.07 Å². The molecule has 104 valence electrons. The van der Waals surface area contributed by atoms with E-state index >= 15 is 0 Å². The molecule has 0 N–H and O–H groups in total. The Morgan fingerprint density at radius 2 is 1.95 bits per heavy atom. The third-order valence-corrected chi connectivity index (χ3v) is 2.91. The van der Waals surface area contributed by atoms with Gasteiger partial charge in [0.15, 0.2) is 0 Å². The second kappa shape index (κ2) is 7.74. The molecule has 1 rings (SSSR count). The molecule has 0 bridgehead atoms. The van der Waals surface area contributed by atoms with E-state index in [1.54, 1.807) is 13.0 Å². The van der Waals surface area contributed by atoms with Crippen molar-refractivity contribution in [1.82, 2.24) is 0 Å². The minimum Gasteiger partial charge on any atom is -0.462 e. The van der Waals surface area contributed by atoms with Gasteiger partial charge in [-0.15, -0.1) is 0 Å². The van der Waals surface area contributed by atoms with Crippen LogP contribution in [-0.2, 0) is 16.1 Å². The summed E-state index contributed by atoms with van der Waals surface area (Å²) in [6.07, 6.45) is 4.02. The predicted octanol–water partition coefficient (Wildman–Crippen LogP) is 2.77. The summed E-state index contributed by atoms with van der Waals surface area (Å²) in [4.78, 5) is 11.1. The smallest absolute Gasteiger partial charge is 0.330 e. The molecule has 0 aliphatic rings. The van der Waals surface area contributed by atoms with Crippen LogP contribution in [0.25, 0.3) is 0 Å². The number of carbonyl (C=O) groups is 1. The van der Waals surface area contributed by atoms with E-state index in [-0.39, 0.29) is 5.97 Å². The number of esters is 1. The van der Waals surface area contributed by atoms with Gasteiger partial charge in [0.25, 0.3) is 0 Å². The molecule has 0 radical (unpaired) electrons. The van der Waals surface area contributed by atoms with E-state index in [0.717, 1.165) is 24.0 Å². The van der Waals surface area contributed by atoms with Crippen molar-refractivity contribution >= 4 is 5.97 Å². The van der Waals surface area contributed by atoms with E-state index in [0.29, 0.717) is 6.61 Å². The van der Waals surface area contributed by atoms with Crippen LogP contribution in [0.1, 0.15) is 18.9 Å². The summed E-state index contributed by atoms with van der Waals surface area (Å²) in [6, 6.07) is 10.4. The first kappa shape index (κ1) is 15.4. The van der Waals surface area contributed by atoms with E-state index in [1.165, 1.54) is 11.6 Å². The molecule has 1 aromatic rings. The highest BCUT2D eigenvalue weighted by atomic mass is 16.5. The minimum atomic E-state index is -0.254. The lowest BCUT2D eigenvalue weighted by Crippen LogP contribution is -2.40. The van der Waals surface area contributed by atoms with Crippen molar-refractivity contribution in [3.63, 3.8) is 0 Å². The van der Waals surface area contributed by atoms with Gasteiger partial charge >= 0.3 is 5.97 Å². The lowest BCUT2D eigenvalue weighted by Gasteiger charge is -2.29. The van der Waals surface area contributed by atoms with Gasteiger partial charge in [0.05, 0.1) is 27.2 Å². The number of quaternary nitrogens is 1. The number of hydrogen-bond acceptors (Lipinski definition) is 2. The zero-order chi connectivity index (χ0) is 14.1. The van der Waals surface area contributed by atoms with Gasteiger partial charge in [0.1, 0.15) is 6.54 Å². The van der Waals surface area contributed by atoms with Crippen LogP contribution in [0.2, 0.25) is 0 Å². The number of hydrogen-bond donors (Lipinski definition) is 0. The van der Waals surface area contributed by atoms with Crippen molar-refractivity contribution in [2.24, 2.45) is 0 Å². The zero-order valence-electron chi connectivity index (χ0n) is 12.1. The average molecular weight is 262 g/mol. The lowest BCUT2D eigenvalue weighted by molar-refractivity contribution is -0.903. The van der Waals surface area contributed by atoms with Crippen molar-refractivity contribution in [3.05, 3.63) is 48.0 Å². The summed E-state index contributed by atoms with van der Waals surface area (Å²) < 4.78 is 5.99. The van der Waals surface area contributed by atoms with Gasteiger partial charge in [0.2, 0.25) is 0 Å². The Morgan fingerprint density at radius 1 is 1.26 bits per heavy atom. The normalized spacial score (nSPS) is 11.7. The zero-order valence-corrected chi connectivity index (χ0v) is 12.1. The maximum Gasteiger partial charge on any atom is 0.330 e. The first-order valence-corrected chi connectivity index (χ1v) is 6.69. The molecule has 1 aromatic carbocycles. The Balaban J connectivity index is 2.29. The number of ether oxygens (including phenoxy) is 1. The standard InChI is InChI=1S/C16H24NO2/c1-4-9-16(18)19-13-8-12-17(2,3)14-15-10-6-5-7-11-15/h4-7,9-11H,8,12-14H2,1-3H3/q+1. The fraction of sp³-hybridized carbons (Fsp3) is 0.438. The fourth-order valence-corrected chi connectivity index (χ4v) is 2.01. The average Bonchev–Trinajstić information content (AvgIpc) is 2.36. The van der Waals surface area contributed by atoms with Gasteiger partial charge in [0, 0.05) is 18.1 Å². The highest BCUT2D eigenvalue weighted by Crippen LogP contribution is 2.09. The van der Waals surface area contributed by atoms with Gasteiger partial charge in [-0.1, -0.05) is 36.4 Å². The monoisotopic (exact) mass is 262 g/mol. The molecular weight excluding hydrogens is 238 g/mol. The fourth-order valence-electron chi connectivity index (χ4n) is 2.01. The third kappa shape index (κ3) is 6.77. The topological polar surface area (TPSA) is 26.3 Å². The van der Waals surface area contributed by atoms with Crippen molar-refractivity contribution in [2.45, 2.75) is 19.9 Å². The third-order valence-electron chi connectivity index (χ3n) is 2.91. The van der Waals surface area contributed by atoms with Crippen LogP contribution in [0.15, 0.2) is 42.5 Å². The predicted molar refractivity (Wildman–Crippen MR) is 77.5 cm³/mol. The van der Waals surface area contributed by atoms with Crippen molar-refractivity contribution in [1.29, 1.82) is 0 Å². The summed E-state index contributed by atoms with van der Waals surface area (Å²) in [5.41, 5.74) is 1.33. The Labute approximate surface area is 116 Å². The van der Waals surface area contributed by atoms with E-state index in [2.05, 4.69) is 38.4 Å². The molecule has 0 aromatic heterocycles. The van der Waals surface area contributed by atoms with Crippen LogP contribution >= 0.6 is 0 Å². The quantitative estimate of drug-likeness (QED) is 0.327. The van der Waals surface area contributed by atoms with Crippen LogP contribution in [0.5, 0.6) is 0 Å². The van der Waals surface area contributed by atoms with Gasteiger partial charge in [-0.05, 0) is 6.92 Å². The number of carbonyl (C=O) groups excluding carboxylic acids is 1. The second-order valence-corrected chi connectivity index (χ2v) is 5.32. The Bertz CT molecular complexity index is 410. The van der Waals surface area contributed by atoms with Crippen molar-refractivity contribution < 1.29 is 14.0 Å². The summed E-state index contributed by atoms with van der Waals surface area (Å²) >= 11 is 0. The number of benzene rings is 1. The molecule has 0 spiro atoms. The van der Waals surface area contributed by atoms with Crippen LogP contribution in [0.4, 0.5) is 0 Å². The summed E-state index contributed by atoms with van der Waals surface area (Å²) in [5.74, 6) is -0.254. The molecule has 0 aliphatic heterocycles. The molecule has 0 fully saturated rings. The number of nitrogens with zero attached hydrogens (tertiary/aromatic N) is 1. The largest absolute Gasteiger partial charge is 0.462 e. The SMILES string of the molecule is CC=CC(=O)OCCC[N+](C)(C)Cc1ccccc1. The Kier molecular flexibility index (Phi) is 6.30.